The van der Waals surface area contributed by atoms with Gasteiger partial charge in [-0.3, -0.25) is 9.69 Å². The fourth-order valence-corrected chi connectivity index (χ4v) is 3.48. The number of rotatable bonds is 1. The average molecular weight is 237 g/mol. The van der Waals surface area contributed by atoms with Crippen LogP contribution in [-0.2, 0) is 4.79 Å². The number of Topliss-reactive ketones (excluding diaryl/α,β-unsaturated/α-hetero) is 1. The van der Waals surface area contributed by atoms with Crippen LogP contribution in [-0.4, -0.2) is 29.8 Å². The quantitative estimate of drug-likeness (QED) is 0.697. The van der Waals surface area contributed by atoms with Crippen molar-refractivity contribution in [3.63, 3.8) is 0 Å². The predicted octanol–water partition coefficient (Wildman–Crippen LogP) is 3.26. The van der Waals surface area contributed by atoms with E-state index >= 15 is 0 Å². The van der Waals surface area contributed by atoms with Crippen LogP contribution in [0.3, 0.4) is 0 Å². The molecular formula is C15H27NO. The maximum atomic E-state index is 11.8. The van der Waals surface area contributed by atoms with Crippen molar-refractivity contribution < 1.29 is 4.79 Å². The highest BCUT2D eigenvalue weighted by molar-refractivity contribution is 5.85. The van der Waals surface area contributed by atoms with Gasteiger partial charge >= 0.3 is 0 Å². The van der Waals surface area contributed by atoms with Crippen molar-refractivity contribution in [2.24, 2.45) is 11.3 Å². The monoisotopic (exact) mass is 237 g/mol. The molecule has 0 aromatic carbocycles. The van der Waals surface area contributed by atoms with Crippen LogP contribution in [0, 0.1) is 11.3 Å². The van der Waals surface area contributed by atoms with E-state index in [2.05, 4.69) is 25.7 Å². The van der Waals surface area contributed by atoms with Gasteiger partial charge in [-0.25, -0.2) is 0 Å². The van der Waals surface area contributed by atoms with Crippen molar-refractivity contribution >= 4 is 5.78 Å². The number of hydrogen-bond donors (Lipinski definition) is 0. The SMILES string of the molecule is CC(C)(C)C1CCCN(C2CCCC2=O)CC1. The van der Waals surface area contributed by atoms with Crippen LogP contribution in [0.2, 0.25) is 0 Å². The van der Waals surface area contributed by atoms with E-state index in [4.69, 9.17) is 0 Å². The van der Waals surface area contributed by atoms with E-state index < -0.39 is 0 Å². The van der Waals surface area contributed by atoms with Crippen LogP contribution in [0.4, 0.5) is 0 Å². The Kier molecular flexibility index (Phi) is 3.92. The highest BCUT2D eigenvalue weighted by Gasteiger charge is 2.33. The van der Waals surface area contributed by atoms with Crippen LogP contribution >= 0.6 is 0 Å². The van der Waals surface area contributed by atoms with E-state index in [1.165, 1.54) is 19.3 Å². The molecule has 0 bridgehead atoms. The summed E-state index contributed by atoms with van der Waals surface area (Å²) >= 11 is 0. The van der Waals surface area contributed by atoms with Gasteiger partial charge in [-0.1, -0.05) is 20.8 Å². The molecule has 17 heavy (non-hydrogen) atoms. The number of likely N-dealkylation sites (tertiary alicyclic amines) is 1. The van der Waals surface area contributed by atoms with Crippen molar-refractivity contribution in [1.29, 1.82) is 0 Å². The Bertz CT molecular complexity index is 279. The largest absolute Gasteiger partial charge is 0.298 e. The lowest BCUT2D eigenvalue weighted by atomic mass is 9.77. The van der Waals surface area contributed by atoms with Crippen LogP contribution in [0.5, 0.6) is 0 Å². The molecule has 0 spiro atoms. The third-order valence-corrected chi connectivity index (χ3v) is 4.70. The Morgan fingerprint density at radius 1 is 1.06 bits per heavy atom. The Morgan fingerprint density at radius 2 is 1.82 bits per heavy atom. The highest BCUT2D eigenvalue weighted by atomic mass is 16.1. The predicted molar refractivity (Wildman–Crippen MR) is 71.0 cm³/mol. The van der Waals surface area contributed by atoms with Gasteiger partial charge in [0, 0.05) is 6.42 Å². The van der Waals surface area contributed by atoms with Gasteiger partial charge < -0.3 is 0 Å². The summed E-state index contributed by atoms with van der Waals surface area (Å²) in [4.78, 5) is 14.3. The first-order valence-electron chi connectivity index (χ1n) is 7.25. The third kappa shape index (κ3) is 3.09. The van der Waals surface area contributed by atoms with E-state index in [9.17, 15) is 4.79 Å². The first-order valence-corrected chi connectivity index (χ1v) is 7.25. The molecule has 2 heteroatoms. The fraction of sp³-hybridized carbons (Fsp3) is 0.933. The Labute approximate surface area is 106 Å². The number of carbonyl (C=O) groups excluding carboxylic acids is 1. The van der Waals surface area contributed by atoms with Crippen LogP contribution in [0.1, 0.15) is 59.3 Å². The lowest BCUT2D eigenvalue weighted by Gasteiger charge is -2.30. The van der Waals surface area contributed by atoms with E-state index in [0.717, 1.165) is 38.3 Å². The van der Waals surface area contributed by atoms with Crippen molar-refractivity contribution in [1.82, 2.24) is 4.90 Å². The Hall–Kier alpha value is -0.370. The molecule has 0 amide bonds. The summed E-state index contributed by atoms with van der Waals surface area (Å²) in [5.74, 6) is 1.32. The molecule has 2 nitrogen and oxygen atoms in total. The van der Waals surface area contributed by atoms with Crippen LogP contribution in [0.15, 0.2) is 0 Å². The molecule has 0 aromatic heterocycles. The normalized spacial score (nSPS) is 32.8. The second-order valence-corrected chi connectivity index (χ2v) is 6.90. The standard InChI is InChI=1S/C15H27NO/c1-15(2,3)12-6-5-10-16(11-9-12)13-7-4-8-14(13)17/h12-13H,4-11H2,1-3H3. The van der Waals surface area contributed by atoms with E-state index in [0.29, 0.717) is 11.2 Å². The van der Waals surface area contributed by atoms with Gasteiger partial charge in [0.15, 0.2) is 0 Å². The molecule has 98 valence electrons. The molecular weight excluding hydrogens is 210 g/mol. The van der Waals surface area contributed by atoms with Crippen molar-refractivity contribution in [3.8, 4) is 0 Å². The summed E-state index contributed by atoms with van der Waals surface area (Å²) in [6.07, 6.45) is 6.92. The Morgan fingerprint density at radius 3 is 2.41 bits per heavy atom. The number of hydrogen-bond acceptors (Lipinski definition) is 2. The van der Waals surface area contributed by atoms with Crippen molar-refractivity contribution in [2.75, 3.05) is 13.1 Å². The molecule has 1 heterocycles. The van der Waals surface area contributed by atoms with Crippen molar-refractivity contribution in [3.05, 3.63) is 0 Å². The second-order valence-electron chi connectivity index (χ2n) is 6.90. The molecule has 0 radical (unpaired) electrons. The van der Waals surface area contributed by atoms with Gasteiger partial charge in [-0.15, -0.1) is 0 Å². The molecule has 1 saturated carbocycles. The van der Waals surface area contributed by atoms with Crippen LogP contribution in [0.25, 0.3) is 0 Å². The highest BCUT2D eigenvalue weighted by Crippen LogP contribution is 2.35. The average Bonchev–Trinajstić information content (AvgIpc) is 2.53. The minimum Gasteiger partial charge on any atom is -0.298 e. The summed E-state index contributed by atoms with van der Waals surface area (Å²) in [6.45, 7) is 9.34. The minimum absolute atomic E-state index is 0.272. The number of carbonyl (C=O) groups is 1. The lowest BCUT2D eigenvalue weighted by molar-refractivity contribution is -0.121. The van der Waals surface area contributed by atoms with Gasteiger partial charge in [0.25, 0.3) is 0 Å². The molecule has 2 atom stereocenters. The van der Waals surface area contributed by atoms with Gasteiger partial charge in [0.05, 0.1) is 6.04 Å². The zero-order chi connectivity index (χ0) is 12.5. The van der Waals surface area contributed by atoms with E-state index in [1.54, 1.807) is 0 Å². The summed E-state index contributed by atoms with van der Waals surface area (Å²) in [5, 5.41) is 0. The lowest BCUT2D eigenvalue weighted by Crippen LogP contribution is -2.39. The molecule has 2 rings (SSSR count). The second kappa shape index (κ2) is 5.09. The molecule has 0 N–H and O–H groups in total. The van der Waals surface area contributed by atoms with E-state index in [1.807, 2.05) is 0 Å². The molecule has 1 aliphatic heterocycles. The molecule has 1 aliphatic carbocycles. The zero-order valence-electron chi connectivity index (χ0n) is 11.7. The maximum absolute atomic E-state index is 11.8. The van der Waals surface area contributed by atoms with Gasteiger partial charge in [0.2, 0.25) is 0 Å². The van der Waals surface area contributed by atoms with Crippen LogP contribution < -0.4 is 0 Å². The Balaban J connectivity index is 1.94. The maximum Gasteiger partial charge on any atom is 0.149 e. The molecule has 2 aliphatic rings. The minimum atomic E-state index is 0.272. The van der Waals surface area contributed by atoms with Gasteiger partial charge in [0.1, 0.15) is 5.78 Å². The smallest absolute Gasteiger partial charge is 0.149 e. The zero-order valence-corrected chi connectivity index (χ0v) is 11.7. The first kappa shape index (κ1) is 13.1. The molecule has 1 saturated heterocycles. The first-order chi connectivity index (χ1) is 7.98. The number of nitrogens with zero attached hydrogens (tertiary/aromatic N) is 1. The van der Waals surface area contributed by atoms with Gasteiger partial charge in [-0.05, 0) is 56.5 Å². The van der Waals surface area contributed by atoms with Crippen molar-refractivity contribution in [2.45, 2.75) is 65.3 Å². The fourth-order valence-electron chi connectivity index (χ4n) is 3.48. The topological polar surface area (TPSA) is 20.3 Å². The van der Waals surface area contributed by atoms with Gasteiger partial charge in [-0.2, -0.15) is 0 Å². The summed E-state index contributed by atoms with van der Waals surface area (Å²) < 4.78 is 0. The van der Waals surface area contributed by atoms with E-state index in [-0.39, 0.29) is 6.04 Å². The summed E-state index contributed by atoms with van der Waals surface area (Å²) in [7, 11) is 0. The number of ketones is 1. The molecule has 0 aromatic rings. The molecule has 2 fully saturated rings. The summed E-state index contributed by atoms with van der Waals surface area (Å²) in [6, 6.07) is 0.272. The summed E-state index contributed by atoms with van der Waals surface area (Å²) in [5.41, 5.74) is 0.426. The molecule has 2 unspecified atom stereocenters. The third-order valence-electron chi connectivity index (χ3n) is 4.70.